The normalized spacial score (nSPS) is 6.86. The summed E-state index contributed by atoms with van der Waals surface area (Å²) in [5.74, 6) is 0.440. The van der Waals surface area contributed by atoms with Gasteiger partial charge in [-0.3, -0.25) is 0 Å². The average Bonchev–Trinajstić information content (AvgIpc) is 1.38. The van der Waals surface area contributed by atoms with E-state index in [0.717, 1.165) is 0 Å². The molecule has 0 fully saturated rings. The SMILES string of the molecule is CC(C)CO.[CH3-].[Y]. The molecule has 0 aromatic rings. The van der Waals surface area contributed by atoms with E-state index in [0.29, 0.717) is 12.5 Å². The quantitative estimate of drug-likeness (QED) is 0.595. The molecule has 0 rings (SSSR count). The maximum Gasteiger partial charge on any atom is 0.0453 e. The van der Waals surface area contributed by atoms with Gasteiger partial charge in [0, 0.05) is 39.3 Å². The number of aliphatic hydroxyl groups is 1. The minimum absolute atomic E-state index is 0. The van der Waals surface area contributed by atoms with Crippen molar-refractivity contribution in [3.8, 4) is 0 Å². The standard InChI is InChI=1S/C4H10O.CH3.Y/c1-4(2)3-5;;/h4-5H,3H2,1-2H3;1H3;/q;-1;. The maximum absolute atomic E-state index is 8.14. The molecular weight excluding hydrogens is 165 g/mol. The molecule has 0 aliphatic carbocycles. The summed E-state index contributed by atoms with van der Waals surface area (Å²) in [5, 5.41) is 8.14. The van der Waals surface area contributed by atoms with Gasteiger partial charge in [-0.1, -0.05) is 13.8 Å². The van der Waals surface area contributed by atoms with E-state index in [1.807, 2.05) is 13.8 Å². The zero-order valence-corrected chi connectivity index (χ0v) is 8.15. The fourth-order valence-corrected chi connectivity index (χ4v) is 0. The van der Waals surface area contributed by atoms with Gasteiger partial charge in [0.05, 0.1) is 0 Å². The van der Waals surface area contributed by atoms with Crippen LogP contribution in [0.1, 0.15) is 13.8 Å². The Balaban J connectivity index is -0.0000000800. The molecule has 0 amide bonds. The van der Waals surface area contributed by atoms with Gasteiger partial charge in [0.15, 0.2) is 0 Å². The van der Waals surface area contributed by atoms with Crippen LogP contribution in [0.4, 0.5) is 0 Å². The van der Waals surface area contributed by atoms with E-state index in [1.54, 1.807) is 0 Å². The smallest absolute Gasteiger partial charge is 0.0453 e. The fourth-order valence-electron chi connectivity index (χ4n) is 0. The minimum Gasteiger partial charge on any atom is -0.396 e. The molecular formula is C5H13OY-. The van der Waals surface area contributed by atoms with Crippen LogP contribution in [0.3, 0.4) is 0 Å². The summed E-state index contributed by atoms with van der Waals surface area (Å²) in [6, 6.07) is 0. The zero-order chi connectivity index (χ0) is 4.28. The minimum atomic E-state index is 0. The van der Waals surface area contributed by atoms with Crippen LogP contribution in [0.25, 0.3) is 0 Å². The van der Waals surface area contributed by atoms with Crippen LogP contribution in [0.5, 0.6) is 0 Å². The van der Waals surface area contributed by atoms with Crippen molar-refractivity contribution in [2.24, 2.45) is 5.92 Å². The van der Waals surface area contributed by atoms with Gasteiger partial charge in [0.2, 0.25) is 0 Å². The van der Waals surface area contributed by atoms with Gasteiger partial charge in [-0.25, -0.2) is 0 Å². The molecule has 0 aromatic heterocycles. The number of hydrogen-bond acceptors (Lipinski definition) is 1. The van der Waals surface area contributed by atoms with Crippen molar-refractivity contribution in [3.05, 3.63) is 7.43 Å². The van der Waals surface area contributed by atoms with Crippen LogP contribution in [0.2, 0.25) is 0 Å². The molecule has 0 atom stereocenters. The molecule has 0 aliphatic rings. The molecule has 0 heterocycles. The van der Waals surface area contributed by atoms with Gasteiger partial charge in [-0.15, -0.1) is 0 Å². The van der Waals surface area contributed by atoms with Crippen molar-refractivity contribution in [2.45, 2.75) is 13.8 Å². The van der Waals surface area contributed by atoms with E-state index >= 15 is 0 Å². The van der Waals surface area contributed by atoms with E-state index in [-0.39, 0.29) is 40.1 Å². The van der Waals surface area contributed by atoms with Crippen LogP contribution in [0.15, 0.2) is 0 Å². The predicted octanol–water partition coefficient (Wildman–Crippen LogP) is 1.08. The Hall–Kier alpha value is 1.06. The molecule has 1 nitrogen and oxygen atoms in total. The van der Waals surface area contributed by atoms with Crippen molar-refractivity contribution in [1.82, 2.24) is 0 Å². The van der Waals surface area contributed by atoms with Gasteiger partial charge in [-0.05, 0) is 5.92 Å². The van der Waals surface area contributed by atoms with Gasteiger partial charge in [0.1, 0.15) is 0 Å². The molecule has 0 saturated carbocycles. The number of rotatable bonds is 1. The summed E-state index contributed by atoms with van der Waals surface area (Å²) in [5.41, 5.74) is 0. The second-order valence-corrected chi connectivity index (χ2v) is 1.58. The number of aliphatic hydroxyl groups excluding tert-OH is 1. The molecule has 0 unspecified atom stereocenters. The molecule has 1 radical (unpaired) electrons. The first-order chi connectivity index (χ1) is 2.27. The average molecular weight is 178 g/mol. The topological polar surface area (TPSA) is 20.2 Å². The third kappa shape index (κ3) is 19.3. The Morgan fingerprint density at radius 2 is 1.57 bits per heavy atom. The molecule has 1 N–H and O–H groups in total. The first kappa shape index (κ1) is 15.7. The van der Waals surface area contributed by atoms with Crippen molar-refractivity contribution in [3.63, 3.8) is 0 Å². The van der Waals surface area contributed by atoms with Crippen LogP contribution >= 0.6 is 0 Å². The van der Waals surface area contributed by atoms with Crippen LogP contribution in [-0.4, -0.2) is 11.7 Å². The van der Waals surface area contributed by atoms with Crippen molar-refractivity contribution in [1.29, 1.82) is 0 Å². The molecule has 0 saturated heterocycles. The Bertz CT molecular complexity index is 22.0. The Labute approximate surface area is 71.4 Å². The summed E-state index contributed by atoms with van der Waals surface area (Å²) >= 11 is 0. The molecule has 2 heteroatoms. The van der Waals surface area contributed by atoms with Crippen molar-refractivity contribution in [2.75, 3.05) is 6.61 Å². The van der Waals surface area contributed by atoms with E-state index in [9.17, 15) is 0 Å². The summed E-state index contributed by atoms with van der Waals surface area (Å²) in [4.78, 5) is 0. The second-order valence-electron chi connectivity index (χ2n) is 1.58. The summed E-state index contributed by atoms with van der Waals surface area (Å²) in [7, 11) is 0. The largest absolute Gasteiger partial charge is 0.396 e. The molecule has 0 aromatic carbocycles. The van der Waals surface area contributed by atoms with Crippen LogP contribution in [-0.2, 0) is 32.7 Å². The van der Waals surface area contributed by atoms with Crippen LogP contribution in [0, 0.1) is 13.3 Å². The van der Waals surface area contributed by atoms with Gasteiger partial charge >= 0.3 is 0 Å². The Morgan fingerprint density at radius 1 is 1.43 bits per heavy atom. The molecule has 7 heavy (non-hydrogen) atoms. The zero-order valence-electron chi connectivity index (χ0n) is 5.31. The summed E-state index contributed by atoms with van der Waals surface area (Å²) in [6.45, 7) is 4.25. The van der Waals surface area contributed by atoms with Gasteiger partial charge < -0.3 is 12.5 Å². The predicted molar refractivity (Wildman–Crippen MR) is 28.3 cm³/mol. The van der Waals surface area contributed by atoms with E-state index in [2.05, 4.69) is 0 Å². The van der Waals surface area contributed by atoms with Gasteiger partial charge in [-0.2, -0.15) is 0 Å². The first-order valence-electron chi connectivity index (χ1n) is 1.88. The summed E-state index contributed by atoms with van der Waals surface area (Å²) < 4.78 is 0. The monoisotopic (exact) mass is 178 g/mol. The van der Waals surface area contributed by atoms with E-state index < -0.39 is 0 Å². The molecule has 0 spiro atoms. The maximum atomic E-state index is 8.14. The Kier molecular flexibility index (Phi) is 22.7. The van der Waals surface area contributed by atoms with Gasteiger partial charge in [0.25, 0.3) is 0 Å². The molecule has 43 valence electrons. The van der Waals surface area contributed by atoms with Crippen molar-refractivity contribution >= 4 is 0 Å². The molecule has 0 bridgehead atoms. The van der Waals surface area contributed by atoms with Crippen molar-refractivity contribution < 1.29 is 37.8 Å². The molecule has 0 aliphatic heterocycles. The number of hydrogen-bond donors (Lipinski definition) is 1. The Morgan fingerprint density at radius 3 is 1.57 bits per heavy atom. The summed E-state index contributed by atoms with van der Waals surface area (Å²) in [6.07, 6.45) is 0. The van der Waals surface area contributed by atoms with E-state index in [1.165, 1.54) is 0 Å². The second kappa shape index (κ2) is 10.1. The fraction of sp³-hybridized carbons (Fsp3) is 0.800. The van der Waals surface area contributed by atoms with Crippen LogP contribution < -0.4 is 0 Å². The third-order valence-electron chi connectivity index (χ3n) is 0.365. The third-order valence-corrected chi connectivity index (χ3v) is 0.365. The van der Waals surface area contributed by atoms with E-state index in [4.69, 9.17) is 5.11 Å². The first-order valence-corrected chi connectivity index (χ1v) is 1.88.